The van der Waals surface area contributed by atoms with E-state index in [1.165, 1.54) is 22.3 Å². The van der Waals surface area contributed by atoms with E-state index in [2.05, 4.69) is 54.8 Å². The number of methoxy groups -OCH3 is 1. The fourth-order valence-corrected chi connectivity index (χ4v) is 3.66. The second kappa shape index (κ2) is 5.14. The lowest BCUT2D eigenvalue weighted by Crippen LogP contribution is -1.93. The average molecular weight is 268 g/mol. The minimum absolute atomic E-state index is 0.355. The first-order valence-corrected chi connectivity index (χ1v) is 7.61. The van der Waals surface area contributed by atoms with Crippen LogP contribution in [0.15, 0.2) is 54.6 Å². The van der Waals surface area contributed by atoms with Gasteiger partial charge in [-0.15, -0.1) is 0 Å². The van der Waals surface area contributed by atoms with E-state index < -0.39 is 0 Å². The standard InChI is InChI=1S/C17H16OS/c1-18-16-13-10-6-7-11-14(13)17(19-2)15(16)12-8-4-3-5-9-12/h3-11,17H,1-2H3. The molecule has 0 aromatic heterocycles. The summed E-state index contributed by atoms with van der Waals surface area (Å²) < 4.78 is 5.70. The second-order valence-electron chi connectivity index (χ2n) is 4.52. The van der Waals surface area contributed by atoms with Crippen molar-refractivity contribution in [2.45, 2.75) is 5.25 Å². The Morgan fingerprint density at radius 2 is 1.63 bits per heavy atom. The lowest BCUT2D eigenvalue weighted by Gasteiger charge is -2.14. The fourth-order valence-electron chi connectivity index (χ4n) is 2.72. The van der Waals surface area contributed by atoms with Gasteiger partial charge in [-0.25, -0.2) is 0 Å². The molecule has 96 valence electrons. The number of ether oxygens (including phenoxy) is 1. The smallest absolute Gasteiger partial charge is 0.131 e. The number of hydrogen-bond acceptors (Lipinski definition) is 2. The van der Waals surface area contributed by atoms with E-state index in [1.807, 2.05) is 17.8 Å². The molecule has 1 atom stereocenters. The molecule has 0 radical (unpaired) electrons. The summed E-state index contributed by atoms with van der Waals surface area (Å²) in [6, 6.07) is 19.0. The maximum atomic E-state index is 5.70. The quantitative estimate of drug-likeness (QED) is 0.803. The molecule has 0 bridgehead atoms. The molecule has 2 heteroatoms. The highest BCUT2D eigenvalue weighted by Gasteiger charge is 2.32. The van der Waals surface area contributed by atoms with Crippen molar-refractivity contribution in [3.05, 3.63) is 71.3 Å². The Morgan fingerprint density at radius 1 is 0.947 bits per heavy atom. The maximum absolute atomic E-state index is 5.70. The molecule has 0 saturated carbocycles. The van der Waals surface area contributed by atoms with E-state index in [0.29, 0.717) is 5.25 Å². The predicted molar refractivity (Wildman–Crippen MR) is 83.0 cm³/mol. The van der Waals surface area contributed by atoms with Crippen molar-refractivity contribution in [1.29, 1.82) is 0 Å². The number of fused-ring (bicyclic) bond motifs is 1. The molecule has 19 heavy (non-hydrogen) atoms. The molecular formula is C17H16OS. The molecule has 1 nitrogen and oxygen atoms in total. The van der Waals surface area contributed by atoms with Gasteiger partial charge in [0.05, 0.1) is 12.4 Å². The Balaban J connectivity index is 2.22. The molecule has 2 aromatic carbocycles. The van der Waals surface area contributed by atoms with Crippen LogP contribution in [-0.4, -0.2) is 13.4 Å². The first kappa shape index (κ1) is 12.4. The van der Waals surface area contributed by atoms with Crippen LogP contribution in [0.4, 0.5) is 0 Å². The minimum atomic E-state index is 0.355. The van der Waals surface area contributed by atoms with Gasteiger partial charge >= 0.3 is 0 Å². The Labute approximate surface area is 118 Å². The first-order valence-electron chi connectivity index (χ1n) is 6.32. The highest BCUT2D eigenvalue weighted by Crippen LogP contribution is 2.51. The molecule has 2 aromatic rings. The van der Waals surface area contributed by atoms with Crippen LogP contribution >= 0.6 is 11.8 Å². The van der Waals surface area contributed by atoms with E-state index in [-0.39, 0.29) is 0 Å². The van der Waals surface area contributed by atoms with Crippen LogP contribution in [-0.2, 0) is 4.74 Å². The first-order chi connectivity index (χ1) is 9.36. The molecule has 0 fully saturated rings. The van der Waals surface area contributed by atoms with Crippen molar-refractivity contribution < 1.29 is 4.74 Å². The largest absolute Gasteiger partial charge is 0.496 e. The Hall–Kier alpha value is -1.67. The maximum Gasteiger partial charge on any atom is 0.131 e. The summed E-state index contributed by atoms with van der Waals surface area (Å²) in [5, 5.41) is 0.355. The van der Waals surface area contributed by atoms with Crippen LogP contribution in [0.3, 0.4) is 0 Å². The van der Waals surface area contributed by atoms with Crippen LogP contribution in [0.5, 0.6) is 0 Å². The van der Waals surface area contributed by atoms with Crippen molar-refractivity contribution in [2.24, 2.45) is 0 Å². The van der Waals surface area contributed by atoms with Crippen molar-refractivity contribution >= 4 is 23.1 Å². The lowest BCUT2D eigenvalue weighted by molar-refractivity contribution is 0.372. The number of thioether (sulfide) groups is 1. The van der Waals surface area contributed by atoms with Gasteiger partial charge in [0.25, 0.3) is 0 Å². The molecule has 3 rings (SSSR count). The van der Waals surface area contributed by atoms with Crippen molar-refractivity contribution in [3.8, 4) is 0 Å². The van der Waals surface area contributed by atoms with Gasteiger partial charge in [-0.3, -0.25) is 0 Å². The fraction of sp³-hybridized carbons (Fsp3) is 0.176. The number of hydrogen-bond donors (Lipinski definition) is 0. The van der Waals surface area contributed by atoms with Crippen LogP contribution in [0, 0.1) is 0 Å². The molecule has 0 spiro atoms. The SMILES string of the molecule is COC1=C(c2ccccc2)C(SC)c2ccccc21. The van der Waals surface area contributed by atoms with Gasteiger partial charge in [0.2, 0.25) is 0 Å². The van der Waals surface area contributed by atoms with Gasteiger partial charge < -0.3 is 4.74 Å². The van der Waals surface area contributed by atoms with Gasteiger partial charge in [-0.2, -0.15) is 11.8 Å². The topological polar surface area (TPSA) is 9.23 Å². The summed E-state index contributed by atoms with van der Waals surface area (Å²) in [5.41, 5.74) is 5.11. The molecule has 0 aliphatic heterocycles. The van der Waals surface area contributed by atoms with Gasteiger partial charge in [0.1, 0.15) is 5.76 Å². The molecule has 0 N–H and O–H groups in total. The zero-order valence-corrected chi connectivity index (χ0v) is 11.9. The minimum Gasteiger partial charge on any atom is -0.496 e. The summed E-state index contributed by atoms with van der Waals surface area (Å²) in [6.45, 7) is 0. The van der Waals surface area contributed by atoms with Gasteiger partial charge in [0, 0.05) is 11.1 Å². The Bertz CT molecular complexity index is 616. The summed E-state index contributed by atoms with van der Waals surface area (Å²) in [6.07, 6.45) is 2.16. The normalized spacial score (nSPS) is 17.5. The summed E-state index contributed by atoms with van der Waals surface area (Å²) >= 11 is 1.86. The third kappa shape index (κ3) is 1.96. The molecule has 1 unspecified atom stereocenters. The Kier molecular flexibility index (Phi) is 3.34. The van der Waals surface area contributed by atoms with Gasteiger partial charge in [0.15, 0.2) is 0 Å². The molecule has 1 aliphatic carbocycles. The van der Waals surface area contributed by atoms with Crippen molar-refractivity contribution in [3.63, 3.8) is 0 Å². The van der Waals surface area contributed by atoms with Crippen LogP contribution in [0.1, 0.15) is 21.9 Å². The summed E-state index contributed by atoms with van der Waals surface area (Å²) in [7, 11) is 1.76. The van der Waals surface area contributed by atoms with Gasteiger partial charge in [-0.05, 0) is 17.4 Å². The highest BCUT2D eigenvalue weighted by atomic mass is 32.2. The number of benzene rings is 2. The van der Waals surface area contributed by atoms with Gasteiger partial charge in [-0.1, -0.05) is 54.6 Å². The summed E-state index contributed by atoms with van der Waals surface area (Å²) in [5.74, 6) is 1.01. The molecule has 1 aliphatic rings. The molecule has 0 saturated heterocycles. The predicted octanol–water partition coefficient (Wildman–Crippen LogP) is 4.62. The van der Waals surface area contributed by atoms with E-state index in [1.54, 1.807) is 7.11 Å². The Morgan fingerprint density at radius 3 is 2.32 bits per heavy atom. The number of rotatable bonds is 3. The van der Waals surface area contributed by atoms with Crippen molar-refractivity contribution in [2.75, 3.05) is 13.4 Å². The zero-order valence-electron chi connectivity index (χ0n) is 11.1. The summed E-state index contributed by atoms with van der Waals surface area (Å²) in [4.78, 5) is 0. The highest BCUT2D eigenvalue weighted by molar-refractivity contribution is 7.99. The van der Waals surface area contributed by atoms with E-state index >= 15 is 0 Å². The van der Waals surface area contributed by atoms with E-state index in [0.717, 1.165) is 5.76 Å². The third-order valence-corrected chi connectivity index (χ3v) is 4.48. The van der Waals surface area contributed by atoms with Crippen LogP contribution in [0.25, 0.3) is 11.3 Å². The monoisotopic (exact) mass is 268 g/mol. The van der Waals surface area contributed by atoms with Crippen molar-refractivity contribution in [1.82, 2.24) is 0 Å². The van der Waals surface area contributed by atoms with Crippen LogP contribution < -0.4 is 0 Å². The lowest BCUT2D eigenvalue weighted by atomic mass is 10.0. The molecule has 0 heterocycles. The molecule has 0 amide bonds. The van der Waals surface area contributed by atoms with E-state index in [4.69, 9.17) is 4.74 Å². The second-order valence-corrected chi connectivity index (χ2v) is 5.46. The average Bonchev–Trinajstić information content (AvgIpc) is 2.81. The van der Waals surface area contributed by atoms with E-state index in [9.17, 15) is 0 Å². The zero-order chi connectivity index (χ0) is 13.2. The third-order valence-electron chi connectivity index (χ3n) is 3.52. The van der Waals surface area contributed by atoms with Crippen LogP contribution in [0.2, 0.25) is 0 Å². The molecular weight excluding hydrogens is 252 g/mol.